The Balaban J connectivity index is 2.26. The Morgan fingerprint density at radius 1 is 1.61 bits per heavy atom. The molecule has 6 heteroatoms. The summed E-state index contributed by atoms with van der Waals surface area (Å²) in [7, 11) is 0. The minimum atomic E-state index is -0.409. The van der Waals surface area contributed by atoms with Crippen molar-refractivity contribution in [1.82, 2.24) is 9.88 Å². The molecule has 0 aliphatic carbocycles. The van der Waals surface area contributed by atoms with Crippen molar-refractivity contribution in [2.24, 2.45) is 5.73 Å². The van der Waals surface area contributed by atoms with Gasteiger partial charge in [-0.05, 0) is 19.9 Å². The fourth-order valence-electron chi connectivity index (χ4n) is 1.87. The van der Waals surface area contributed by atoms with Crippen LogP contribution in [0.3, 0.4) is 0 Å². The highest BCUT2D eigenvalue weighted by Gasteiger charge is 2.41. The number of nitrogens with zero attached hydrogens (tertiary/aromatic N) is 2. The molecule has 1 aromatic heterocycles. The summed E-state index contributed by atoms with van der Waals surface area (Å²) in [6.45, 7) is 4.38. The number of rotatable bonds is 3. The second-order valence-corrected chi connectivity index (χ2v) is 7.76. The molecule has 4 nitrogen and oxygen atoms in total. The predicted octanol–water partition coefficient (Wildman–Crippen LogP) is 2.11. The second-order valence-electron chi connectivity index (χ2n) is 5.05. The molecule has 0 radical (unpaired) electrons. The van der Waals surface area contributed by atoms with Crippen LogP contribution < -0.4 is 5.73 Å². The van der Waals surface area contributed by atoms with Gasteiger partial charge >= 0.3 is 0 Å². The Kier molecular flexibility index (Phi) is 3.99. The van der Waals surface area contributed by atoms with Gasteiger partial charge in [-0.2, -0.15) is 0 Å². The van der Waals surface area contributed by atoms with Crippen LogP contribution in [-0.2, 0) is 4.79 Å². The number of carbonyl (C=O) groups excluding carboxylic acids is 1. The average Bonchev–Trinajstić information content (AvgIpc) is 2.57. The fraction of sp³-hybridized carbons (Fsp3) is 0.500. The van der Waals surface area contributed by atoms with Crippen LogP contribution in [0.1, 0.15) is 24.8 Å². The van der Waals surface area contributed by atoms with Gasteiger partial charge in [0.15, 0.2) is 0 Å². The molecule has 0 spiro atoms. The zero-order chi connectivity index (χ0) is 13.3. The summed E-state index contributed by atoms with van der Waals surface area (Å²) in [5, 5.41) is -0.0154. The first kappa shape index (κ1) is 13.8. The highest BCUT2D eigenvalue weighted by molar-refractivity contribution is 9.11. The lowest BCUT2D eigenvalue weighted by molar-refractivity contribution is -0.129. The van der Waals surface area contributed by atoms with Crippen LogP contribution in [0.4, 0.5) is 0 Å². The first-order chi connectivity index (χ1) is 8.38. The molecule has 0 bridgehead atoms. The zero-order valence-electron chi connectivity index (χ0n) is 10.3. The van der Waals surface area contributed by atoms with Crippen LogP contribution in [0.5, 0.6) is 0 Å². The third-order valence-corrected chi connectivity index (χ3v) is 4.82. The van der Waals surface area contributed by atoms with E-state index in [1.807, 2.05) is 30.9 Å². The van der Waals surface area contributed by atoms with Crippen LogP contribution in [0.15, 0.2) is 24.5 Å². The largest absolute Gasteiger partial charge is 0.324 e. The quantitative estimate of drug-likeness (QED) is 0.863. The molecule has 2 N–H and O–H groups in total. The van der Waals surface area contributed by atoms with Gasteiger partial charge in [-0.3, -0.25) is 9.78 Å². The average molecular weight is 330 g/mol. The van der Waals surface area contributed by atoms with Gasteiger partial charge in [0.2, 0.25) is 5.91 Å². The highest BCUT2D eigenvalue weighted by Crippen LogP contribution is 2.45. The first-order valence-electron chi connectivity index (χ1n) is 5.67. The molecule has 2 atom stereocenters. The summed E-state index contributed by atoms with van der Waals surface area (Å²) >= 11 is 4.97. The zero-order valence-corrected chi connectivity index (χ0v) is 12.7. The number of alkyl halides is 1. The second kappa shape index (κ2) is 5.19. The van der Waals surface area contributed by atoms with Gasteiger partial charge in [0.1, 0.15) is 9.53 Å². The van der Waals surface area contributed by atoms with Gasteiger partial charge < -0.3 is 10.6 Å². The molecule has 2 rings (SSSR count). The molecule has 1 aliphatic rings. The Bertz CT molecular complexity index is 435. The molecule has 1 fully saturated rings. The maximum absolute atomic E-state index is 12.1. The molecule has 2 unspecified atom stereocenters. The molecular weight excluding hydrogens is 314 g/mol. The van der Waals surface area contributed by atoms with Crippen LogP contribution >= 0.6 is 27.7 Å². The number of amides is 1. The SMILES string of the molecule is CC(C)(N)CN1C(=O)C(Br)SC1c1cccnc1. The standard InChI is InChI=1S/C12H16BrN3OS/c1-12(2,14)7-16-10(17)9(13)18-11(16)8-4-3-5-15-6-8/h3-6,9,11H,7,14H2,1-2H3. The Morgan fingerprint density at radius 3 is 2.89 bits per heavy atom. The smallest absolute Gasteiger partial charge is 0.247 e. The minimum absolute atomic E-state index is 0.0154. The van der Waals surface area contributed by atoms with Gasteiger partial charge in [-0.1, -0.05) is 22.0 Å². The van der Waals surface area contributed by atoms with Gasteiger partial charge in [-0.25, -0.2) is 0 Å². The number of hydrogen-bond acceptors (Lipinski definition) is 4. The van der Waals surface area contributed by atoms with Crippen molar-refractivity contribution in [2.45, 2.75) is 28.9 Å². The van der Waals surface area contributed by atoms with E-state index in [-0.39, 0.29) is 15.4 Å². The van der Waals surface area contributed by atoms with Crippen molar-refractivity contribution < 1.29 is 4.79 Å². The van der Waals surface area contributed by atoms with Gasteiger partial charge in [0.25, 0.3) is 0 Å². The summed E-state index contributed by atoms with van der Waals surface area (Å²) in [4.78, 5) is 18.1. The number of halogens is 1. The molecule has 1 amide bonds. The summed E-state index contributed by atoms with van der Waals surface area (Å²) in [6, 6.07) is 3.87. The number of aromatic nitrogens is 1. The van der Waals surface area contributed by atoms with Crippen LogP contribution in [-0.4, -0.2) is 32.0 Å². The topological polar surface area (TPSA) is 59.2 Å². The number of nitrogens with two attached hydrogens (primary N) is 1. The molecular formula is C12H16BrN3OS. The lowest BCUT2D eigenvalue weighted by atomic mass is 10.1. The number of carbonyl (C=O) groups is 1. The third-order valence-electron chi connectivity index (χ3n) is 2.56. The molecule has 0 saturated carbocycles. The maximum Gasteiger partial charge on any atom is 0.247 e. The van der Waals surface area contributed by atoms with E-state index in [4.69, 9.17) is 5.73 Å². The van der Waals surface area contributed by atoms with E-state index in [0.29, 0.717) is 6.54 Å². The van der Waals surface area contributed by atoms with Crippen LogP contribution in [0, 0.1) is 0 Å². The summed E-state index contributed by atoms with van der Waals surface area (Å²) in [5.41, 5.74) is 6.65. The van der Waals surface area contributed by atoms with E-state index in [1.165, 1.54) is 0 Å². The monoisotopic (exact) mass is 329 g/mol. The number of hydrogen-bond donors (Lipinski definition) is 1. The molecule has 0 aromatic carbocycles. The van der Waals surface area contributed by atoms with Gasteiger partial charge in [0.05, 0.1) is 0 Å². The summed E-state index contributed by atoms with van der Waals surface area (Å²) < 4.78 is -0.204. The van der Waals surface area contributed by atoms with E-state index in [1.54, 1.807) is 24.2 Å². The molecule has 98 valence electrons. The van der Waals surface area contributed by atoms with Crippen LogP contribution in [0.2, 0.25) is 0 Å². The first-order valence-corrected chi connectivity index (χ1v) is 7.53. The lowest BCUT2D eigenvalue weighted by Crippen LogP contribution is -2.47. The Hall–Kier alpha value is -0.590. The van der Waals surface area contributed by atoms with Gasteiger partial charge in [-0.15, -0.1) is 11.8 Å². The van der Waals surface area contributed by atoms with Crippen molar-refractivity contribution in [3.63, 3.8) is 0 Å². The third kappa shape index (κ3) is 3.05. The summed E-state index contributed by atoms with van der Waals surface area (Å²) in [5.74, 6) is 0.0763. The number of pyridine rings is 1. The van der Waals surface area contributed by atoms with Crippen molar-refractivity contribution >= 4 is 33.6 Å². The van der Waals surface area contributed by atoms with E-state index < -0.39 is 5.54 Å². The van der Waals surface area contributed by atoms with Crippen LogP contribution in [0.25, 0.3) is 0 Å². The van der Waals surface area contributed by atoms with Gasteiger partial charge in [0, 0.05) is 30.0 Å². The Labute approximate surface area is 119 Å². The molecule has 1 aromatic rings. The summed E-state index contributed by atoms with van der Waals surface area (Å²) in [6.07, 6.45) is 3.53. The van der Waals surface area contributed by atoms with E-state index >= 15 is 0 Å². The fourth-order valence-corrected chi connectivity index (χ4v) is 3.85. The van der Waals surface area contributed by atoms with E-state index in [2.05, 4.69) is 20.9 Å². The lowest BCUT2D eigenvalue weighted by Gasteiger charge is -2.30. The maximum atomic E-state index is 12.1. The molecule has 1 saturated heterocycles. The normalized spacial score (nSPS) is 24.7. The molecule has 1 aliphatic heterocycles. The molecule has 18 heavy (non-hydrogen) atoms. The van der Waals surface area contributed by atoms with Crippen molar-refractivity contribution in [1.29, 1.82) is 0 Å². The molecule has 2 heterocycles. The van der Waals surface area contributed by atoms with Crippen molar-refractivity contribution in [2.75, 3.05) is 6.54 Å². The Morgan fingerprint density at radius 2 is 2.33 bits per heavy atom. The van der Waals surface area contributed by atoms with Crippen molar-refractivity contribution in [3.05, 3.63) is 30.1 Å². The highest BCUT2D eigenvalue weighted by atomic mass is 79.9. The minimum Gasteiger partial charge on any atom is -0.324 e. The number of thioether (sulfide) groups is 1. The van der Waals surface area contributed by atoms with E-state index in [0.717, 1.165) is 5.56 Å². The van der Waals surface area contributed by atoms with Crippen molar-refractivity contribution in [3.8, 4) is 0 Å². The van der Waals surface area contributed by atoms with E-state index in [9.17, 15) is 4.79 Å². The predicted molar refractivity (Wildman–Crippen MR) is 77.3 cm³/mol.